The maximum Gasteiger partial charge on any atom is 0.141 e. The molecule has 1 saturated carbocycles. The number of thioether (sulfide) groups is 1. The lowest BCUT2D eigenvalue weighted by Gasteiger charge is -2.22. The van der Waals surface area contributed by atoms with Crippen molar-refractivity contribution in [1.82, 2.24) is 5.43 Å². The van der Waals surface area contributed by atoms with Gasteiger partial charge in [0.2, 0.25) is 0 Å². The molecule has 3 N–H and O–H groups in total. The van der Waals surface area contributed by atoms with Crippen LogP contribution in [0.1, 0.15) is 37.3 Å². The lowest BCUT2D eigenvalue weighted by Crippen LogP contribution is -2.30. The highest BCUT2D eigenvalue weighted by molar-refractivity contribution is 9.10. The maximum atomic E-state index is 5.77. The summed E-state index contributed by atoms with van der Waals surface area (Å²) in [4.78, 5) is 0. The smallest absolute Gasteiger partial charge is 0.141 e. The van der Waals surface area contributed by atoms with Gasteiger partial charge in [0.05, 0.1) is 20.3 Å². The van der Waals surface area contributed by atoms with Crippen molar-refractivity contribution in [3.05, 3.63) is 22.2 Å². The monoisotopic (exact) mass is 374 g/mol. The van der Waals surface area contributed by atoms with E-state index in [0.29, 0.717) is 0 Å². The maximum absolute atomic E-state index is 5.77. The van der Waals surface area contributed by atoms with E-state index >= 15 is 0 Å². The molecule has 21 heavy (non-hydrogen) atoms. The number of benzene rings is 1. The second-order valence-electron chi connectivity index (χ2n) is 5.16. The van der Waals surface area contributed by atoms with E-state index in [4.69, 9.17) is 15.3 Å². The van der Waals surface area contributed by atoms with Crippen LogP contribution in [0.3, 0.4) is 0 Å². The van der Waals surface area contributed by atoms with Crippen molar-refractivity contribution in [2.24, 2.45) is 5.84 Å². The highest BCUT2D eigenvalue weighted by Gasteiger charge is 2.22. The van der Waals surface area contributed by atoms with E-state index in [1.165, 1.54) is 25.7 Å². The number of ether oxygens (including phenoxy) is 2. The molecule has 1 aromatic carbocycles. The number of hydrazine groups is 1. The highest BCUT2D eigenvalue weighted by atomic mass is 79.9. The number of methoxy groups -OCH3 is 2. The van der Waals surface area contributed by atoms with Crippen LogP contribution in [-0.2, 0) is 0 Å². The van der Waals surface area contributed by atoms with Crippen molar-refractivity contribution in [2.75, 3.05) is 20.0 Å². The van der Waals surface area contributed by atoms with Gasteiger partial charge in [-0.15, -0.1) is 0 Å². The summed E-state index contributed by atoms with van der Waals surface area (Å²) < 4.78 is 11.7. The topological polar surface area (TPSA) is 56.5 Å². The summed E-state index contributed by atoms with van der Waals surface area (Å²) in [6.45, 7) is 0. The zero-order valence-electron chi connectivity index (χ0n) is 12.5. The summed E-state index contributed by atoms with van der Waals surface area (Å²) in [6.07, 6.45) is 5.36. The first-order valence-corrected chi connectivity index (χ1v) is 9.03. The van der Waals surface area contributed by atoms with Crippen molar-refractivity contribution in [3.63, 3.8) is 0 Å². The zero-order chi connectivity index (χ0) is 15.2. The third kappa shape index (κ3) is 4.06. The Labute approximate surface area is 139 Å². The molecule has 0 saturated heterocycles. The Balaban J connectivity index is 2.14. The number of hydrogen-bond donors (Lipinski definition) is 2. The average Bonchev–Trinajstić information content (AvgIpc) is 3.01. The van der Waals surface area contributed by atoms with E-state index in [0.717, 1.165) is 32.5 Å². The molecule has 1 fully saturated rings. The van der Waals surface area contributed by atoms with Gasteiger partial charge in [0.15, 0.2) is 0 Å². The standard InChI is InChI=1S/C15H23BrN2O2S/c1-19-13-8-7-11(15(20-2)14(13)16)12(18-17)9-21-10-5-3-4-6-10/h7-8,10,12,18H,3-6,9,17H2,1-2H3. The molecule has 0 radical (unpaired) electrons. The lowest BCUT2D eigenvalue weighted by atomic mass is 10.1. The third-order valence-electron chi connectivity index (χ3n) is 3.89. The van der Waals surface area contributed by atoms with Crippen LogP contribution >= 0.6 is 27.7 Å². The summed E-state index contributed by atoms with van der Waals surface area (Å²) >= 11 is 5.54. The summed E-state index contributed by atoms with van der Waals surface area (Å²) in [5.74, 6) is 8.25. The quantitative estimate of drug-likeness (QED) is 0.563. The minimum absolute atomic E-state index is 0.0627. The molecule has 6 heteroatoms. The van der Waals surface area contributed by atoms with Gasteiger partial charge < -0.3 is 9.47 Å². The third-order valence-corrected chi connectivity index (χ3v) is 6.11. The summed E-state index contributed by atoms with van der Waals surface area (Å²) in [6, 6.07) is 4.02. The number of nitrogens with one attached hydrogen (secondary N) is 1. The number of rotatable bonds is 7. The van der Waals surface area contributed by atoms with Gasteiger partial charge in [-0.3, -0.25) is 11.3 Å². The van der Waals surface area contributed by atoms with Crippen LogP contribution in [0.4, 0.5) is 0 Å². The van der Waals surface area contributed by atoms with Crippen molar-refractivity contribution in [3.8, 4) is 11.5 Å². The SMILES string of the molecule is COc1ccc(C(CSC2CCCC2)NN)c(OC)c1Br. The van der Waals surface area contributed by atoms with E-state index in [1.54, 1.807) is 14.2 Å². The fourth-order valence-corrected chi connectivity index (χ4v) is 4.80. The van der Waals surface area contributed by atoms with E-state index in [9.17, 15) is 0 Å². The largest absolute Gasteiger partial charge is 0.495 e. The molecule has 1 aliphatic carbocycles. The van der Waals surface area contributed by atoms with Crippen LogP contribution in [0.15, 0.2) is 16.6 Å². The van der Waals surface area contributed by atoms with E-state index in [1.807, 2.05) is 23.9 Å². The molecule has 1 atom stereocenters. The number of halogens is 1. The Bertz CT molecular complexity index is 467. The molecule has 0 heterocycles. The van der Waals surface area contributed by atoms with Gasteiger partial charge in [-0.05, 0) is 40.9 Å². The van der Waals surface area contributed by atoms with Crippen molar-refractivity contribution < 1.29 is 9.47 Å². The fraction of sp³-hybridized carbons (Fsp3) is 0.600. The first kappa shape index (κ1) is 16.9. The van der Waals surface area contributed by atoms with Crippen LogP contribution in [0, 0.1) is 0 Å². The molecular weight excluding hydrogens is 352 g/mol. The second kappa shape index (κ2) is 8.27. The van der Waals surface area contributed by atoms with Crippen molar-refractivity contribution in [2.45, 2.75) is 37.0 Å². The first-order valence-electron chi connectivity index (χ1n) is 7.19. The molecule has 0 bridgehead atoms. The Morgan fingerprint density at radius 1 is 1.33 bits per heavy atom. The van der Waals surface area contributed by atoms with Gasteiger partial charge in [-0.25, -0.2) is 0 Å². The number of hydrogen-bond acceptors (Lipinski definition) is 5. The van der Waals surface area contributed by atoms with Gasteiger partial charge in [0, 0.05) is 16.6 Å². The zero-order valence-corrected chi connectivity index (χ0v) is 14.9. The Morgan fingerprint density at radius 3 is 2.62 bits per heavy atom. The minimum atomic E-state index is 0.0627. The molecule has 0 aromatic heterocycles. The number of nitrogens with two attached hydrogens (primary N) is 1. The molecule has 0 amide bonds. The van der Waals surface area contributed by atoms with Gasteiger partial charge in [0.25, 0.3) is 0 Å². The Kier molecular flexibility index (Phi) is 6.67. The minimum Gasteiger partial charge on any atom is -0.495 e. The van der Waals surface area contributed by atoms with Crippen molar-refractivity contribution in [1.29, 1.82) is 0 Å². The normalized spacial score (nSPS) is 17.0. The average molecular weight is 375 g/mol. The first-order chi connectivity index (χ1) is 10.2. The molecule has 0 spiro atoms. The summed E-state index contributed by atoms with van der Waals surface area (Å²) in [5, 5.41) is 0.772. The lowest BCUT2D eigenvalue weighted by molar-refractivity contribution is 0.382. The Morgan fingerprint density at radius 2 is 2.05 bits per heavy atom. The molecule has 4 nitrogen and oxygen atoms in total. The van der Waals surface area contributed by atoms with Crippen LogP contribution in [0.2, 0.25) is 0 Å². The summed E-state index contributed by atoms with van der Waals surface area (Å²) in [5.41, 5.74) is 3.97. The van der Waals surface area contributed by atoms with Crippen LogP contribution in [0.5, 0.6) is 11.5 Å². The van der Waals surface area contributed by atoms with Gasteiger partial charge >= 0.3 is 0 Å². The molecule has 118 valence electrons. The second-order valence-corrected chi connectivity index (χ2v) is 7.29. The molecule has 1 aliphatic rings. The van der Waals surface area contributed by atoms with Crippen LogP contribution in [-0.4, -0.2) is 25.2 Å². The van der Waals surface area contributed by atoms with E-state index in [2.05, 4.69) is 21.4 Å². The molecule has 2 rings (SSSR count). The van der Waals surface area contributed by atoms with Crippen molar-refractivity contribution >= 4 is 27.7 Å². The molecule has 1 unspecified atom stereocenters. The van der Waals surface area contributed by atoms with Gasteiger partial charge in [-0.2, -0.15) is 11.8 Å². The van der Waals surface area contributed by atoms with Crippen LogP contribution in [0.25, 0.3) is 0 Å². The van der Waals surface area contributed by atoms with E-state index < -0.39 is 0 Å². The molecule has 1 aromatic rings. The highest BCUT2D eigenvalue weighted by Crippen LogP contribution is 2.41. The van der Waals surface area contributed by atoms with Crippen LogP contribution < -0.4 is 20.7 Å². The Hall–Kier alpha value is -0.430. The molecular formula is C15H23BrN2O2S. The molecule has 0 aliphatic heterocycles. The van der Waals surface area contributed by atoms with Gasteiger partial charge in [-0.1, -0.05) is 12.8 Å². The van der Waals surface area contributed by atoms with Gasteiger partial charge in [0.1, 0.15) is 16.0 Å². The predicted octanol–water partition coefficient (Wildman–Crippen LogP) is 3.65. The fourth-order valence-electron chi connectivity index (χ4n) is 2.71. The van der Waals surface area contributed by atoms with E-state index in [-0.39, 0.29) is 6.04 Å². The summed E-state index contributed by atoms with van der Waals surface area (Å²) in [7, 11) is 3.31. The predicted molar refractivity (Wildman–Crippen MR) is 92.0 cm³/mol.